The first kappa shape index (κ1) is 8.44. The smallest absolute Gasteiger partial charge is 0.315 e. The number of amides is 2. The van der Waals surface area contributed by atoms with E-state index >= 15 is 0 Å². The lowest BCUT2D eigenvalue weighted by Gasteiger charge is -2.26. The van der Waals surface area contributed by atoms with Crippen molar-refractivity contribution in [2.24, 2.45) is 5.73 Å². The molecule has 0 atom stereocenters. The minimum Gasteiger partial charge on any atom is -0.351 e. The molecule has 0 saturated heterocycles. The minimum atomic E-state index is -0.345. The fourth-order valence-corrected chi connectivity index (χ4v) is 2.32. The molecule has 1 aliphatic rings. The third-order valence-corrected chi connectivity index (χ3v) is 3.17. The van der Waals surface area contributed by atoms with Gasteiger partial charge in [0.25, 0.3) is 0 Å². The Balaban J connectivity index is 2.24. The maximum atomic E-state index is 10.9. The molecule has 1 heterocycles. The van der Waals surface area contributed by atoms with E-state index < -0.39 is 0 Å². The fourth-order valence-electron chi connectivity index (χ4n) is 1.32. The molecule has 0 aromatic heterocycles. The number of nitrogens with zero attached hydrogens (tertiary/aromatic N) is 1. The second-order valence-corrected chi connectivity index (χ2v) is 3.90. The Bertz CT molecular complexity index is 340. The lowest BCUT2D eigenvalue weighted by Crippen LogP contribution is -2.36. The van der Waals surface area contributed by atoms with Crippen molar-refractivity contribution >= 4 is 17.8 Å². The third kappa shape index (κ3) is 1.62. The number of rotatable bonds is 0. The van der Waals surface area contributed by atoms with Crippen LogP contribution in [-0.4, -0.2) is 16.8 Å². The van der Waals surface area contributed by atoms with Crippen molar-refractivity contribution in [2.45, 2.75) is 11.4 Å². The van der Waals surface area contributed by atoms with Gasteiger partial charge in [0.1, 0.15) is 0 Å². The average molecular weight is 194 g/mol. The van der Waals surface area contributed by atoms with E-state index in [4.69, 9.17) is 5.73 Å². The molecule has 3 nitrogen and oxygen atoms in total. The van der Waals surface area contributed by atoms with Crippen LogP contribution < -0.4 is 5.73 Å². The zero-order valence-corrected chi connectivity index (χ0v) is 7.88. The first-order valence-electron chi connectivity index (χ1n) is 4.02. The van der Waals surface area contributed by atoms with Crippen molar-refractivity contribution in [1.82, 2.24) is 4.90 Å². The van der Waals surface area contributed by atoms with Crippen molar-refractivity contribution < 1.29 is 4.79 Å². The largest absolute Gasteiger partial charge is 0.351 e. The van der Waals surface area contributed by atoms with Crippen molar-refractivity contribution in [3.8, 4) is 0 Å². The lowest BCUT2D eigenvalue weighted by molar-refractivity contribution is 0.213. The maximum Gasteiger partial charge on any atom is 0.315 e. The summed E-state index contributed by atoms with van der Waals surface area (Å²) in [6, 6.07) is 7.73. The number of carbonyl (C=O) groups is 1. The van der Waals surface area contributed by atoms with Crippen LogP contribution in [0.3, 0.4) is 0 Å². The van der Waals surface area contributed by atoms with Crippen LogP contribution in [0.4, 0.5) is 4.79 Å². The van der Waals surface area contributed by atoms with Crippen molar-refractivity contribution in [1.29, 1.82) is 0 Å². The average Bonchev–Trinajstić information content (AvgIpc) is 2.17. The van der Waals surface area contributed by atoms with Crippen LogP contribution >= 0.6 is 11.8 Å². The number of fused-ring (bicyclic) bond motifs is 1. The fraction of sp³-hybridized carbons (Fsp3) is 0.222. The molecule has 0 unspecified atom stereocenters. The predicted molar refractivity (Wildman–Crippen MR) is 52.3 cm³/mol. The van der Waals surface area contributed by atoms with Gasteiger partial charge in [-0.2, -0.15) is 0 Å². The Kier molecular flexibility index (Phi) is 2.14. The molecule has 0 fully saturated rings. The third-order valence-electron chi connectivity index (χ3n) is 2.02. The van der Waals surface area contributed by atoms with E-state index in [1.165, 1.54) is 10.5 Å². The van der Waals surface area contributed by atoms with Gasteiger partial charge in [0, 0.05) is 11.4 Å². The number of benzene rings is 1. The van der Waals surface area contributed by atoms with E-state index in [0.717, 1.165) is 0 Å². The molecular weight excluding hydrogens is 184 g/mol. The number of primary amides is 1. The van der Waals surface area contributed by atoms with E-state index in [9.17, 15) is 4.79 Å². The van der Waals surface area contributed by atoms with Crippen LogP contribution in [0.2, 0.25) is 0 Å². The number of hydrogen-bond acceptors (Lipinski definition) is 2. The second-order valence-electron chi connectivity index (χ2n) is 2.92. The van der Waals surface area contributed by atoms with E-state index in [2.05, 4.69) is 6.07 Å². The zero-order valence-electron chi connectivity index (χ0n) is 7.06. The highest BCUT2D eigenvalue weighted by Gasteiger charge is 2.17. The van der Waals surface area contributed by atoms with Gasteiger partial charge in [-0.3, -0.25) is 0 Å². The van der Waals surface area contributed by atoms with Gasteiger partial charge in [-0.15, -0.1) is 11.8 Å². The van der Waals surface area contributed by atoms with Crippen LogP contribution in [0.15, 0.2) is 29.2 Å². The summed E-state index contributed by atoms with van der Waals surface area (Å²) >= 11 is 1.65. The van der Waals surface area contributed by atoms with Gasteiger partial charge < -0.3 is 10.6 Å². The van der Waals surface area contributed by atoms with E-state index in [-0.39, 0.29) is 6.03 Å². The van der Waals surface area contributed by atoms with Gasteiger partial charge >= 0.3 is 6.03 Å². The molecule has 0 aliphatic carbocycles. The maximum absolute atomic E-state index is 10.9. The van der Waals surface area contributed by atoms with Crippen LogP contribution in [-0.2, 0) is 6.54 Å². The summed E-state index contributed by atoms with van der Waals surface area (Å²) in [4.78, 5) is 13.8. The lowest BCUT2D eigenvalue weighted by atomic mass is 10.2. The zero-order chi connectivity index (χ0) is 9.26. The molecule has 68 valence electrons. The first-order chi connectivity index (χ1) is 6.27. The Morgan fingerprint density at radius 1 is 1.46 bits per heavy atom. The molecule has 13 heavy (non-hydrogen) atoms. The summed E-state index contributed by atoms with van der Waals surface area (Å²) in [5.41, 5.74) is 6.38. The van der Waals surface area contributed by atoms with Gasteiger partial charge in [0.15, 0.2) is 0 Å². The molecule has 1 aliphatic heterocycles. The predicted octanol–water partition coefficient (Wildman–Crippen LogP) is 1.63. The molecule has 2 amide bonds. The standard InChI is InChI=1S/C9H10N2OS/c10-9(12)11-5-7-3-1-2-4-8(7)13-6-11/h1-4H,5-6H2,(H2,10,12). The molecule has 0 radical (unpaired) electrons. The first-order valence-corrected chi connectivity index (χ1v) is 5.01. The van der Waals surface area contributed by atoms with Crippen molar-refractivity contribution in [3.63, 3.8) is 0 Å². The number of urea groups is 1. The molecule has 1 aromatic rings. The highest BCUT2D eigenvalue weighted by Crippen LogP contribution is 2.29. The SMILES string of the molecule is NC(=O)N1CSc2ccccc2C1. The van der Waals surface area contributed by atoms with Crippen LogP contribution in [0, 0.1) is 0 Å². The quantitative estimate of drug-likeness (QED) is 0.682. The van der Waals surface area contributed by atoms with Gasteiger partial charge in [0.05, 0.1) is 5.88 Å². The highest BCUT2D eigenvalue weighted by atomic mass is 32.2. The van der Waals surface area contributed by atoms with Gasteiger partial charge in [0.2, 0.25) is 0 Å². The topological polar surface area (TPSA) is 46.3 Å². The molecule has 2 rings (SSSR count). The van der Waals surface area contributed by atoms with Gasteiger partial charge in [-0.1, -0.05) is 18.2 Å². The number of thioether (sulfide) groups is 1. The minimum absolute atomic E-state index is 0.345. The summed E-state index contributed by atoms with van der Waals surface area (Å²) < 4.78 is 0. The summed E-state index contributed by atoms with van der Waals surface area (Å²) in [5, 5.41) is 0. The highest BCUT2D eigenvalue weighted by molar-refractivity contribution is 7.99. The molecule has 1 aromatic carbocycles. The second kappa shape index (κ2) is 3.30. The van der Waals surface area contributed by atoms with Gasteiger partial charge in [-0.25, -0.2) is 4.79 Å². The molecule has 0 bridgehead atoms. The Labute approximate surface area is 80.9 Å². The number of hydrogen-bond donors (Lipinski definition) is 1. The number of carbonyl (C=O) groups excluding carboxylic acids is 1. The summed E-state index contributed by atoms with van der Waals surface area (Å²) in [6.07, 6.45) is 0. The van der Waals surface area contributed by atoms with Crippen molar-refractivity contribution in [3.05, 3.63) is 29.8 Å². The summed E-state index contributed by atoms with van der Waals surface area (Å²) in [7, 11) is 0. The molecular formula is C9H10N2OS. The van der Waals surface area contributed by atoms with Gasteiger partial charge in [-0.05, 0) is 11.6 Å². The van der Waals surface area contributed by atoms with Crippen LogP contribution in [0.1, 0.15) is 5.56 Å². The van der Waals surface area contributed by atoms with E-state index in [1.807, 2.05) is 18.2 Å². The van der Waals surface area contributed by atoms with Crippen LogP contribution in [0.25, 0.3) is 0 Å². The Morgan fingerprint density at radius 2 is 2.23 bits per heavy atom. The summed E-state index contributed by atoms with van der Waals surface area (Å²) in [6.45, 7) is 0.637. The molecule has 4 heteroatoms. The van der Waals surface area contributed by atoms with Crippen molar-refractivity contribution in [2.75, 3.05) is 5.88 Å². The normalized spacial score (nSPS) is 15.2. The molecule has 0 saturated carbocycles. The van der Waals surface area contributed by atoms with E-state index in [1.54, 1.807) is 16.7 Å². The Morgan fingerprint density at radius 3 is 3.00 bits per heavy atom. The monoisotopic (exact) mass is 194 g/mol. The molecule has 2 N–H and O–H groups in total. The van der Waals surface area contributed by atoms with Crippen LogP contribution in [0.5, 0.6) is 0 Å². The van der Waals surface area contributed by atoms with E-state index in [0.29, 0.717) is 12.4 Å². The molecule has 0 spiro atoms. The Hall–Kier alpha value is -1.16. The number of nitrogens with two attached hydrogens (primary N) is 1. The summed E-state index contributed by atoms with van der Waals surface area (Å²) in [5.74, 6) is 0.659.